The summed E-state index contributed by atoms with van der Waals surface area (Å²) < 4.78 is 24.5. The Kier molecular flexibility index (Phi) is 6.67. The molecule has 0 fully saturated rings. The van der Waals surface area contributed by atoms with Crippen molar-refractivity contribution in [1.82, 2.24) is 0 Å². The fourth-order valence-corrected chi connectivity index (χ4v) is 3.22. The molecule has 140 valence electrons. The highest BCUT2D eigenvalue weighted by Crippen LogP contribution is 2.28. The molecular formula is C19H23ClN2O3S. The second-order valence-electron chi connectivity index (χ2n) is 6.15. The second-order valence-corrected chi connectivity index (χ2v) is 8.57. The van der Waals surface area contributed by atoms with E-state index < -0.39 is 10.0 Å². The van der Waals surface area contributed by atoms with Gasteiger partial charge < -0.3 is 5.32 Å². The smallest absolute Gasteiger partial charge is 0.255 e. The Morgan fingerprint density at radius 1 is 1.15 bits per heavy atom. The number of rotatable bonds is 7. The second kappa shape index (κ2) is 8.56. The number of unbranched alkanes of at least 4 members (excludes halogenated alkanes) is 1. The van der Waals surface area contributed by atoms with E-state index in [0.717, 1.165) is 29.8 Å². The van der Waals surface area contributed by atoms with Crippen LogP contribution >= 0.6 is 11.6 Å². The number of nitrogens with zero attached hydrogens (tertiary/aromatic N) is 1. The number of hydrogen-bond acceptors (Lipinski definition) is 3. The summed E-state index contributed by atoms with van der Waals surface area (Å²) in [5, 5.41) is 3.07. The Balaban J connectivity index is 2.17. The zero-order valence-corrected chi connectivity index (χ0v) is 16.7. The van der Waals surface area contributed by atoms with Crippen LogP contribution in [0.25, 0.3) is 0 Å². The lowest BCUT2D eigenvalue weighted by Gasteiger charge is -2.18. The van der Waals surface area contributed by atoms with Gasteiger partial charge in [-0.05, 0) is 48.7 Å². The first-order valence-electron chi connectivity index (χ1n) is 8.36. The van der Waals surface area contributed by atoms with Crippen molar-refractivity contribution in [3.05, 3.63) is 58.6 Å². The quantitative estimate of drug-likeness (QED) is 0.759. The molecule has 2 aromatic rings. The van der Waals surface area contributed by atoms with Crippen molar-refractivity contribution < 1.29 is 13.2 Å². The largest absolute Gasteiger partial charge is 0.322 e. The number of sulfonamides is 1. The third-order valence-corrected chi connectivity index (χ3v) is 5.59. The van der Waals surface area contributed by atoms with Gasteiger partial charge in [-0.15, -0.1) is 0 Å². The Labute approximate surface area is 160 Å². The lowest BCUT2D eigenvalue weighted by Crippen LogP contribution is -2.25. The van der Waals surface area contributed by atoms with Gasteiger partial charge in [0.25, 0.3) is 5.91 Å². The molecule has 0 aliphatic rings. The maximum Gasteiger partial charge on any atom is 0.255 e. The van der Waals surface area contributed by atoms with Gasteiger partial charge in [-0.2, -0.15) is 0 Å². The Bertz CT molecular complexity index is 880. The summed E-state index contributed by atoms with van der Waals surface area (Å²) in [6.45, 7) is 2.15. The summed E-state index contributed by atoms with van der Waals surface area (Å²) >= 11 is 6.08. The summed E-state index contributed by atoms with van der Waals surface area (Å²) in [7, 11) is -2.08. The summed E-state index contributed by atoms with van der Waals surface area (Å²) in [4.78, 5) is 12.5. The van der Waals surface area contributed by atoms with Crippen LogP contribution in [0.2, 0.25) is 5.02 Å². The minimum absolute atomic E-state index is 0.259. The van der Waals surface area contributed by atoms with Crippen molar-refractivity contribution in [3.8, 4) is 0 Å². The molecule has 0 aromatic heterocycles. The highest BCUT2D eigenvalue weighted by atomic mass is 35.5. The Morgan fingerprint density at radius 3 is 2.38 bits per heavy atom. The van der Waals surface area contributed by atoms with Crippen molar-refractivity contribution >= 4 is 38.9 Å². The highest BCUT2D eigenvalue weighted by molar-refractivity contribution is 7.92. The number of amides is 1. The standard InChI is InChI=1S/C19H23ClN2O3S/c1-4-5-6-14-7-10-16(11-8-14)21-19(23)15-9-12-17(20)18(13-15)22(2)26(3,24)25/h7-13H,4-6H2,1-3H3,(H,21,23). The Morgan fingerprint density at radius 2 is 1.81 bits per heavy atom. The van der Waals surface area contributed by atoms with Gasteiger partial charge in [0, 0.05) is 18.3 Å². The van der Waals surface area contributed by atoms with Gasteiger partial charge >= 0.3 is 0 Å². The van der Waals surface area contributed by atoms with E-state index in [-0.39, 0.29) is 16.6 Å². The van der Waals surface area contributed by atoms with Gasteiger partial charge in [0.2, 0.25) is 10.0 Å². The van der Waals surface area contributed by atoms with Gasteiger partial charge in [-0.3, -0.25) is 9.10 Å². The summed E-state index contributed by atoms with van der Waals surface area (Å²) in [5.74, 6) is -0.328. The molecule has 1 N–H and O–H groups in total. The molecular weight excluding hydrogens is 372 g/mol. The van der Waals surface area contributed by atoms with Crippen LogP contribution in [-0.4, -0.2) is 27.6 Å². The van der Waals surface area contributed by atoms with Crippen LogP contribution in [0, 0.1) is 0 Å². The summed E-state index contributed by atoms with van der Waals surface area (Å²) in [5.41, 5.74) is 2.50. The first-order valence-corrected chi connectivity index (χ1v) is 10.6. The molecule has 5 nitrogen and oxygen atoms in total. The third-order valence-electron chi connectivity index (χ3n) is 4.08. The van der Waals surface area contributed by atoms with Gasteiger partial charge in [0.05, 0.1) is 17.0 Å². The lowest BCUT2D eigenvalue weighted by atomic mass is 10.1. The first kappa shape index (κ1) is 20.3. The van der Waals surface area contributed by atoms with E-state index in [1.54, 1.807) is 6.07 Å². The number of hydrogen-bond donors (Lipinski definition) is 1. The molecule has 0 atom stereocenters. The van der Waals surface area contributed by atoms with Gasteiger partial charge in [-0.25, -0.2) is 8.42 Å². The summed E-state index contributed by atoms with van der Waals surface area (Å²) in [6.07, 6.45) is 4.37. The van der Waals surface area contributed by atoms with Crippen LogP contribution in [0.3, 0.4) is 0 Å². The van der Waals surface area contributed by atoms with Crippen molar-refractivity contribution in [1.29, 1.82) is 0 Å². The van der Waals surface area contributed by atoms with E-state index in [0.29, 0.717) is 11.3 Å². The van der Waals surface area contributed by atoms with Crippen LogP contribution < -0.4 is 9.62 Å². The molecule has 0 unspecified atom stereocenters. The molecule has 0 bridgehead atoms. The molecule has 0 saturated heterocycles. The number of nitrogens with one attached hydrogen (secondary N) is 1. The van der Waals surface area contributed by atoms with Crippen LogP contribution in [0.5, 0.6) is 0 Å². The number of carbonyl (C=O) groups is 1. The molecule has 0 saturated carbocycles. The Hall–Kier alpha value is -2.05. The molecule has 26 heavy (non-hydrogen) atoms. The topological polar surface area (TPSA) is 66.5 Å². The molecule has 7 heteroatoms. The van der Waals surface area contributed by atoms with Crippen LogP contribution in [0.1, 0.15) is 35.7 Å². The highest BCUT2D eigenvalue weighted by Gasteiger charge is 2.17. The van der Waals surface area contributed by atoms with Gasteiger partial charge in [0.1, 0.15) is 0 Å². The van der Waals surface area contributed by atoms with E-state index in [2.05, 4.69) is 12.2 Å². The van der Waals surface area contributed by atoms with Crippen molar-refractivity contribution in [2.24, 2.45) is 0 Å². The number of halogens is 1. The zero-order valence-electron chi connectivity index (χ0n) is 15.1. The number of anilines is 2. The summed E-state index contributed by atoms with van der Waals surface area (Å²) in [6, 6.07) is 12.3. The predicted octanol–water partition coefficient (Wildman–Crippen LogP) is 4.33. The number of benzene rings is 2. The molecule has 2 aromatic carbocycles. The monoisotopic (exact) mass is 394 g/mol. The minimum atomic E-state index is -3.48. The van der Waals surface area contributed by atoms with Crippen molar-refractivity contribution in [2.45, 2.75) is 26.2 Å². The van der Waals surface area contributed by atoms with Gasteiger partial charge in [0.15, 0.2) is 0 Å². The van der Waals surface area contributed by atoms with E-state index in [1.807, 2.05) is 24.3 Å². The van der Waals surface area contributed by atoms with Crippen LogP contribution in [0.15, 0.2) is 42.5 Å². The molecule has 2 rings (SSSR count). The maximum absolute atomic E-state index is 12.5. The van der Waals surface area contributed by atoms with Gasteiger partial charge in [-0.1, -0.05) is 37.1 Å². The molecule has 0 aliphatic carbocycles. The normalized spacial score (nSPS) is 11.2. The average molecular weight is 395 g/mol. The van der Waals surface area contributed by atoms with Crippen molar-refractivity contribution in [3.63, 3.8) is 0 Å². The SMILES string of the molecule is CCCCc1ccc(NC(=O)c2ccc(Cl)c(N(C)S(C)(=O)=O)c2)cc1. The predicted molar refractivity (Wildman–Crippen MR) is 108 cm³/mol. The molecule has 0 heterocycles. The van der Waals surface area contributed by atoms with Crippen molar-refractivity contribution in [2.75, 3.05) is 22.9 Å². The van der Waals surface area contributed by atoms with E-state index in [1.165, 1.54) is 24.7 Å². The minimum Gasteiger partial charge on any atom is -0.322 e. The van der Waals surface area contributed by atoms with E-state index in [9.17, 15) is 13.2 Å². The molecule has 0 radical (unpaired) electrons. The van der Waals surface area contributed by atoms with E-state index in [4.69, 9.17) is 11.6 Å². The molecule has 0 spiro atoms. The fourth-order valence-electron chi connectivity index (χ4n) is 2.41. The van der Waals surface area contributed by atoms with Crippen LogP contribution in [-0.2, 0) is 16.4 Å². The number of aryl methyl sites for hydroxylation is 1. The maximum atomic E-state index is 12.5. The average Bonchev–Trinajstić information content (AvgIpc) is 2.60. The zero-order chi connectivity index (χ0) is 19.3. The first-order chi connectivity index (χ1) is 12.2. The lowest BCUT2D eigenvalue weighted by molar-refractivity contribution is 0.102. The number of carbonyl (C=O) groups excluding carboxylic acids is 1. The third kappa shape index (κ3) is 5.22. The van der Waals surface area contributed by atoms with Crippen LogP contribution in [0.4, 0.5) is 11.4 Å². The fraction of sp³-hybridized carbons (Fsp3) is 0.316. The molecule has 0 aliphatic heterocycles. The molecule has 1 amide bonds. The van der Waals surface area contributed by atoms with E-state index >= 15 is 0 Å².